The molecule has 0 unspecified atom stereocenters. The number of nitrogens with one attached hydrogen (secondary N) is 2. The summed E-state index contributed by atoms with van der Waals surface area (Å²) >= 11 is 1.22. The van der Waals surface area contributed by atoms with Crippen molar-refractivity contribution in [3.8, 4) is 16.5 Å². The van der Waals surface area contributed by atoms with E-state index in [-0.39, 0.29) is 22.2 Å². The topological polar surface area (TPSA) is 139 Å². The highest BCUT2D eigenvalue weighted by Crippen LogP contribution is 2.32. The van der Waals surface area contributed by atoms with Gasteiger partial charge in [-0.15, -0.1) is 11.3 Å². The van der Waals surface area contributed by atoms with E-state index in [1.54, 1.807) is 30.7 Å². The molecule has 1 saturated carbocycles. The third-order valence-corrected chi connectivity index (χ3v) is 9.32. The molecule has 4 heterocycles. The van der Waals surface area contributed by atoms with Gasteiger partial charge in [0, 0.05) is 18.4 Å². The fourth-order valence-corrected chi connectivity index (χ4v) is 6.57. The first kappa shape index (κ1) is 25.5. The molecular formula is C24H29N7O4S2. The van der Waals surface area contributed by atoms with Crippen LogP contribution in [-0.2, 0) is 10.0 Å². The number of carbonyl (C=O) groups is 1. The van der Waals surface area contributed by atoms with E-state index in [4.69, 9.17) is 4.74 Å². The van der Waals surface area contributed by atoms with Crippen molar-refractivity contribution < 1.29 is 17.9 Å². The number of nitrogens with zero attached hydrogens (tertiary/aromatic N) is 5. The van der Waals surface area contributed by atoms with Crippen molar-refractivity contribution in [2.75, 3.05) is 24.9 Å². The molecule has 2 aliphatic rings. The number of sulfonamides is 1. The van der Waals surface area contributed by atoms with Crippen LogP contribution < -0.4 is 14.8 Å². The van der Waals surface area contributed by atoms with Gasteiger partial charge in [0.1, 0.15) is 5.69 Å². The van der Waals surface area contributed by atoms with Crippen LogP contribution in [0.5, 0.6) is 5.88 Å². The molecule has 0 bridgehead atoms. The Labute approximate surface area is 219 Å². The van der Waals surface area contributed by atoms with Gasteiger partial charge in [-0.2, -0.15) is 0 Å². The minimum absolute atomic E-state index is 0.0138. The highest BCUT2D eigenvalue weighted by atomic mass is 32.2. The van der Waals surface area contributed by atoms with Gasteiger partial charge in [0.25, 0.3) is 5.91 Å². The molecule has 37 heavy (non-hydrogen) atoms. The summed E-state index contributed by atoms with van der Waals surface area (Å²) in [5.41, 5.74) is 1.61. The lowest BCUT2D eigenvalue weighted by Crippen LogP contribution is -2.42. The van der Waals surface area contributed by atoms with Crippen molar-refractivity contribution >= 4 is 33.0 Å². The number of rotatable bonds is 10. The first-order valence-corrected chi connectivity index (χ1v) is 14.6. The van der Waals surface area contributed by atoms with E-state index in [9.17, 15) is 13.2 Å². The molecule has 5 rings (SSSR count). The third kappa shape index (κ3) is 5.89. The quantitative estimate of drug-likeness (QED) is 0.395. The van der Waals surface area contributed by atoms with Crippen molar-refractivity contribution in [2.45, 2.75) is 49.9 Å². The molecule has 1 amide bonds. The normalized spacial score (nSPS) is 18.9. The number of likely N-dealkylation sites (N-methyl/N-ethyl adjacent to an activating group) is 1. The molecule has 196 valence electrons. The summed E-state index contributed by atoms with van der Waals surface area (Å²) in [6, 6.07) is 2.91. The predicted octanol–water partition coefficient (Wildman–Crippen LogP) is 2.86. The Morgan fingerprint density at radius 3 is 2.81 bits per heavy atom. The third-order valence-electron chi connectivity index (χ3n) is 6.43. The van der Waals surface area contributed by atoms with E-state index in [2.05, 4.69) is 34.9 Å². The molecule has 2 N–H and O–H groups in total. The van der Waals surface area contributed by atoms with Crippen LogP contribution in [0.4, 0.5) is 5.69 Å². The highest BCUT2D eigenvalue weighted by Gasteiger charge is 2.36. The van der Waals surface area contributed by atoms with Crippen LogP contribution in [0.25, 0.3) is 10.6 Å². The summed E-state index contributed by atoms with van der Waals surface area (Å²) in [7, 11) is -1.40. The van der Waals surface area contributed by atoms with E-state index in [0.29, 0.717) is 47.3 Å². The number of amides is 1. The minimum atomic E-state index is -3.41. The molecule has 1 aliphatic carbocycles. The number of hydrogen-bond acceptors (Lipinski definition) is 10. The van der Waals surface area contributed by atoms with Crippen LogP contribution in [0.2, 0.25) is 0 Å². The largest absolute Gasteiger partial charge is 0.477 e. The highest BCUT2D eigenvalue weighted by molar-refractivity contribution is 7.93. The zero-order valence-corrected chi connectivity index (χ0v) is 22.3. The Hall–Kier alpha value is -3.16. The number of anilines is 1. The Morgan fingerprint density at radius 2 is 2.08 bits per heavy atom. The van der Waals surface area contributed by atoms with Gasteiger partial charge < -0.3 is 15.0 Å². The Bertz CT molecular complexity index is 1380. The van der Waals surface area contributed by atoms with E-state index in [1.807, 2.05) is 14.0 Å². The number of aromatic nitrogens is 4. The first-order chi connectivity index (χ1) is 17.8. The van der Waals surface area contributed by atoms with E-state index >= 15 is 0 Å². The molecule has 0 aromatic carbocycles. The van der Waals surface area contributed by atoms with Gasteiger partial charge >= 0.3 is 0 Å². The minimum Gasteiger partial charge on any atom is -0.477 e. The average molecular weight is 544 g/mol. The molecule has 3 aromatic heterocycles. The molecule has 0 radical (unpaired) electrons. The smallest absolute Gasteiger partial charge is 0.280 e. The lowest BCUT2D eigenvalue weighted by molar-refractivity contribution is 0.0910. The Morgan fingerprint density at radius 1 is 1.24 bits per heavy atom. The fourth-order valence-electron chi connectivity index (χ4n) is 4.42. The van der Waals surface area contributed by atoms with Crippen LogP contribution in [0, 0.1) is 0 Å². The predicted molar refractivity (Wildman–Crippen MR) is 140 cm³/mol. The maximum Gasteiger partial charge on any atom is 0.280 e. The number of ether oxygens (including phenoxy) is 1. The average Bonchev–Trinajstić information content (AvgIpc) is 3.49. The monoisotopic (exact) mass is 543 g/mol. The number of likely N-dealkylation sites (tertiary alicyclic amines) is 1. The van der Waals surface area contributed by atoms with Crippen LogP contribution in [0.15, 0.2) is 36.9 Å². The Kier molecular flexibility index (Phi) is 7.36. The van der Waals surface area contributed by atoms with E-state index in [0.717, 1.165) is 19.4 Å². The van der Waals surface area contributed by atoms with Crippen molar-refractivity contribution in [3.05, 3.63) is 47.6 Å². The Balaban J connectivity index is 1.38. The number of carbonyl (C=O) groups excluding carboxylic acids is 1. The standard InChI is InChI=1S/C24H29N7O4S2/c1-3-35-21-14-25-12-18(28-21)20-13-27-24(36-20)23(32)29-22(19-5-4-10-31(19)2)17-11-15(8-9-26-17)30-37(33,34)16-6-7-16/h8-9,11-14,16,19,22H,3-7,10H2,1-2H3,(H,26,30)(H,29,32)/t19-,22-/m0/s1. The van der Waals surface area contributed by atoms with Crippen molar-refractivity contribution in [1.82, 2.24) is 30.2 Å². The van der Waals surface area contributed by atoms with Gasteiger partial charge in [-0.3, -0.25) is 19.5 Å². The van der Waals surface area contributed by atoms with E-state index < -0.39 is 16.1 Å². The molecule has 13 heteroatoms. The summed E-state index contributed by atoms with van der Waals surface area (Å²) in [6.07, 6.45) is 9.54. The van der Waals surface area contributed by atoms with Gasteiger partial charge in [0.05, 0.1) is 46.6 Å². The molecule has 2 fully saturated rings. The van der Waals surface area contributed by atoms with Crippen molar-refractivity contribution in [1.29, 1.82) is 0 Å². The molecular weight excluding hydrogens is 514 g/mol. The number of pyridine rings is 1. The van der Waals surface area contributed by atoms with Crippen molar-refractivity contribution in [3.63, 3.8) is 0 Å². The second kappa shape index (κ2) is 10.7. The van der Waals surface area contributed by atoms with Gasteiger partial charge in [-0.05, 0) is 58.3 Å². The molecule has 1 saturated heterocycles. The summed E-state index contributed by atoms with van der Waals surface area (Å²) in [4.78, 5) is 33.6. The first-order valence-electron chi connectivity index (χ1n) is 12.2. The summed E-state index contributed by atoms with van der Waals surface area (Å²) in [5, 5.41) is 3.06. The molecule has 1 aliphatic heterocycles. The number of thiazole rings is 1. The van der Waals surface area contributed by atoms with Crippen LogP contribution in [0.3, 0.4) is 0 Å². The second-order valence-electron chi connectivity index (χ2n) is 9.16. The molecule has 11 nitrogen and oxygen atoms in total. The zero-order valence-electron chi connectivity index (χ0n) is 20.6. The lowest BCUT2D eigenvalue weighted by atomic mass is 10.0. The van der Waals surface area contributed by atoms with E-state index in [1.165, 1.54) is 17.5 Å². The SMILES string of the molecule is CCOc1cncc(-c2cnc(C(=O)N[C@@H](c3cc(NS(=O)(=O)C4CC4)ccn3)[C@@H]3CCCN3C)s2)n1. The fraction of sp³-hybridized carbons (Fsp3) is 0.458. The second-order valence-corrected chi connectivity index (χ2v) is 12.2. The molecule has 3 aromatic rings. The van der Waals surface area contributed by atoms with Gasteiger partial charge in [0.2, 0.25) is 15.9 Å². The zero-order chi connectivity index (χ0) is 26.0. The molecule has 2 atom stereocenters. The number of hydrogen-bond donors (Lipinski definition) is 2. The van der Waals surface area contributed by atoms with Gasteiger partial charge in [0.15, 0.2) is 5.01 Å². The van der Waals surface area contributed by atoms with Crippen LogP contribution >= 0.6 is 11.3 Å². The molecule has 0 spiro atoms. The maximum absolute atomic E-state index is 13.3. The maximum atomic E-state index is 13.3. The van der Waals surface area contributed by atoms with Crippen LogP contribution in [0.1, 0.15) is 54.1 Å². The summed E-state index contributed by atoms with van der Waals surface area (Å²) < 4.78 is 33.0. The van der Waals surface area contributed by atoms with Crippen molar-refractivity contribution in [2.24, 2.45) is 0 Å². The van der Waals surface area contributed by atoms with Crippen LogP contribution in [-0.4, -0.2) is 70.7 Å². The summed E-state index contributed by atoms with van der Waals surface area (Å²) in [5.74, 6) is 0.0771. The lowest BCUT2D eigenvalue weighted by Gasteiger charge is -2.29. The van der Waals surface area contributed by atoms with Gasteiger partial charge in [-0.25, -0.2) is 18.4 Å². The summed E-state index contributed by atoms with van der Waals surface area (Å²) in [6.45, 7) is 3.25. The van der Waals surface area contributed by atoms with Gasteiger partial charge in [-0.1, -0.05) is 0 Å².